The average Bonchev–Trinajstić information content (AvgIpc) is 3.37. The highest BCUT2D eigenvalue weighted by Gasteiger charge is 2.27. The van der Waals surface area contributed by atoms with Gasteiger partial charge in [0, 0.05) is 31.7 Å². The number of rotatable bonds is 7. The molecule has 1 saturated carbocycles. The Balaban J connectivity index is 1.64. The zero-order chi connectivity index (χ0) is 16.7. The summed E-state index contributed by atoms with van der Waals surface area (Å²) in [6.45, 7) is 8.65. The lowest BCUT2D eigenvalue weighted by atomic mass is 10.1. The number of nitrogens with zero attached hydrogens (tertiary/aromatic N) is 3. The fourth-order valence-corrected chi connectivity index (χ4v) is 3.01. The number of nitrogens with one attached hydrogen (secondary N) is 1. The second kappa shape index (κ2) is 8.96. The molecule has 1 heterocycles. The Labute approximate surface area is 139 Å². The molecule has 3 N–H and O–H groups in total. The van der Waals surface area contributed by atoms with Crippen molar-refractivity contribution in [3.05, 3.63) is 0 Å². The van der Waals surface area contributed by atoms with Gasteiger partial charge in [-0.3, -0.25) is 9.89 Å². The molecule has 23 heavy (non-hydrogen) atoms. The number of likely N-dealkylation sites (N-methyl/N-ethyl adjacent to an activating group) is 1. The molecule has 0 bridgehead atoms. The largest absolute Gasteiger partial charge is 0.450 e. The molecule has 0 unspecified atom stereocenters. The van der Waals surface area contributed by atoms with Gasteiger partial charge in [-0.15, -0.1) is 0 Å². The number of hydrogen-bond donors (Lipinski definition) is 2. The minimum atomic E-state index is -0.215. The van der Waals surface area contributed by atoms with Crippen LogP contribution in [-0.4, -0.2) is 73.3 Å². The van der Waals surface area contributed by atoms with E-state index >= 15 is 0 Å². The lowest BCUT2D eigenvalue weighted by Gasteiger charge is -2.31. The number of aliphatic imine (C=N–C) groups is 1. The van der Waals surface area contributed by atoms with Crippen LogP contribution < -0.4 is 11.1 Å². The molecule has 2 fully saturated rings. The van der Waals surface area contributed by atoms with Crippen molar-refractivity contribution in [3.63, 3.8) is 0 Å². The first-order valence-corrected chi connectivity index (χ1v) is 8.86. The highest BCUT2D eigenvalue weighted by Crippen LogP contribution is 2.25. The molecule has 2 aliphatic rings. The Morgan fingerprint density at radius 3 is 2.57 bits per heavy atom. The molecule has 7 nitrogen and oxygen atoms in total. The predicted octanol–water partition coefficient (Wildman–Crippen LogP) is 0.996. The third-order valence-electron chi connectivity index (χ3n) is 4.51. The first-order chi connectivity index (χ1) is 11.1. The summed E-state index contributed by atoms with van der Waals surface area (Å²) >= 11 is 0. The summed E-state index contributed by atoms with van der Waals surface area (Å²) in [6.07, 6.45) is 4.18. The monoisotopic (exact) mass is 325 g/mol. The fraction of sp³-hybridized carbons (Fsp3) is 0.875. The Morgan fingerprint density at radius 2 is 2.00 bits per heavy atom. The number of amides is 1. The van der Waals surface area contributed by atoms with Gasteiger partial charge in [-0.1, -0.05) is 6.92 Å². The number of carbonyl (C=O) groups excluding carboxylic acids is 1. The van der Waals surface area contributed by atoms with Gasteiger partial charge in [0.2, 0.25) is 0 Å². The van der Waals surface area contributed by atoms with Crippen molar-refractivity contribution >= 4 is 12.1 Å². The maximum atomic E-state index is 11.7. The van der Waals surface area contributed by atoms with Crippen molar-refractivity contribution in [2.24, 2.45) is 10.7 Å². The van der Waals surface area contributed by atoms with E-state index in [1.807, 2.05) is 6.92 Å². The van der Waals surface area contributed by atoms with Crippen LogP contribution in [0.3, 0.4) is 0 Å². The van der Waals surface area contributed by atoms with Gasteiger partial charge in [0.15, 0.2) is 5.96 Å². The highest BCUT2D eigenvalue weighted by atomic mass is 16.6. The molecule has 7 heteroatoms. The fourth-order valence-electron chi connectivity index (χ4n) is 3.01. The molecule has 0 aromatic heterocycles. The van der Waals surface area contributed by atoms with E-state index in [0.717, 1.165) is 38.5 Å². The van der Waals surface area contributed by atoms with Crippen LogP contribution in [0, 0.1) is 0 Å². The van der Waals surface area contributed by atoms with E-state index in [-0.39, 0.29) is 12.1 Å². The van der Waals surface area contributed by atoms with Gasteiger partial charge < -0.3 is 20.7 Å². The van der Waals surface area contributed by atoms with Gasteiger partial charge in [-0.2, -0.15) is 0 Å². The van der Waals surface area contributed by atoms with Crippen molar-refractivity contribution in [3.8, 4) is 0 Å². The standard InChI is InChI=1S/C16H31N5O2/c1-3-20(14-5-6-14)12-9-18-15(17)19-13-7-10-21(11-8-13)16(22)23-4-2/h13-14H,3-12H2,1-2H3,(H3,17,18,19). The SMILES string of the molecule is CCOC(=O)N1CCC(NC(N)=NCCN(CC)C2CC2)CC1. The molecule has 1 aliphatic heterocycles. The van der Waals surface area contributed by atoms with Crippen LogP contribution in [0.4, 0.5) is 4.79 Å². The van der Waals surface area contributed by atoms with Gasteiger partial charge in [0.25, 0.3) is 0 Å². The van der Waals surface area contributed by atoms with Crippen molar-refractivity contribution in [2.45, 2.75) is 51.6 Å². The molecule has 0 aromatic rings. The highest BCUT2D eigenvalue weighted by molar-refractivity contribution is 5.78. The van der Waals surface area contributed by atoms with E-state index in [0.29, 0.717) is 25.7 Å². The lowest BCUT2D eigenvalue weighted by Crippen LogP contribution is -2.48. The third-order valence-corrected chi connectivity index (χ3v) is 4.51. The number of ether oxygens (including phenoxy) is 1. The topological polar surface area (TPSA) is 83.2 Å². The smallest absolute Gasteiger partial charge is 0.409 e. The molecular weight excluding hydrogens is 294 g/mol. The number of guanidine groups is 1. The molecule has 0 atom stereocenters. The molecule has 0 radical (unpaired) electrons. The minimum absolute atomic E-state index is 0.215. The van der Waals surface area contributed by atoms with Crippen LogP contribution in [0.2, 0.25) is 0 Å². The summed E-state index contributed by atoms with van der Waals surface area (Å²) in [5, 5.41) is 3.28. The Kier molecular flexibility index (Phi) is 6.95. The summed E-state index contributed by atoms with van der Waals surface area (Å²) in [7, 11) is 0. The predicted molar refractivity (Wildman–Crippen MR) is 91.5 cm³/mol. The molecular formula is C16H31N5O2. The number of piperidine rings is 1. The van der Waals surface area contributed by atoms with Crippen LogP contribution in [0.1, 0.15) is 39.5 Å². The van der Waals surface area contributed by atoms with E-state index in [1.165, 1.54) is 12.8 Å². The van der Waals surface area contributed by atoms with E-state index in [1.54, 1.807) is 4.90 Å². The quantitative estimate of drug-likeness (QED) is 0.539. The summed E-state index contributed by atoms with van der Waals surface area (Å²) in [5.41, 5.74) is 5.98. The zero-order valence-electron chi connectivity index (χ0n) is 14.5. The number of carbonyl (C=O) groups is 1. The van der Waals surface area contributed by atoms with Crippen molar-refractivity contribution in [1.82, 2.24) is 15.1 Å². The summed E-state index contributed by atoms with van der Waals surface area (Å²) < 4.78 is 5.02. The van der Waals surface area contributed by atoms with Gasteiger partial charge in [-0.25, -0.2) is 4.79 Å². The Morgan fingerprint density at radius 1 is 1.30 bits per heavy atom. The number of hydrogen-bond acceptors (Lipinski definition) is 4. The molecule has 0 aromatic carbocycles. The second-order valence-electron chi connectivity index (χ2n) is 6.23. The molecule has 1 amide bonds. The summed E-state index contributed by atoms with van der Waals surface area (Å²) in [5.74, 6) is 0.520. The zero-order valence-corrected chi connectivity index (χ0v) is 14.5. The number of likely N-dealkylation sites (tertiary alicyclic amines) is 1. The van der Waals surface area contributed by atoms with Gasteiger partial charge >= 0.3 is 6.09 Å². The normalized spacial score (nSPS) is 20.0. The van der Waals surface area contributed by atoms with Crippen molar-refractivity contribution < 1.29 is 9.53 Å². The third kappa shape index (κ3) is 5.89. The van der Waals surface area contributed by atoms with E-state index in [9.17, 15) is 4.79 Å². The number of nitrogens with two attached hydrogens (primary N) is 1. The van der Waals surface area contributed by atoms with Gasteiger partial charge in [0.05, 0.1) is 13.2 Å². The molecule has 1 saturated heterocycles. The Bertz CT molecular complexity index is 403. The molecule has 0 spiro atoms. The van der Waals surface area contributed by atoms with E-state index in [4.69, 9.17) is 10.5 Å². The van der Waals surface area contributed by atoms with Gasteiger partial charge in [0.1, 0.15) is 0 Å². The summed E-state index contributed by atoms with van der Waals surface area (Å²) in [4.78, 5) is 20.3. The summed E-state index contributed by atoms with van der Waals surface area (Å²) in [6, 6.07) is 1.06. The minimum Gasteiger partial charge on any atom is -0.450 e. The first-order valence-electron chi connectivity index (χ1n) is 8.86. The molecule has 132 valence electrons. The molecule has 2 rings (SSSR count). The lowest BCUT2D eigenvalue weighted by molar-refractivity contribution is 0.0963. The van der Waals surface area contributed by atoms with E-state index < -0.39 is 0 Å². The van der Waals surface area contributed by atoms with E-state index in [2.05, 4.69) is 22.1 Å². The van der Waals surface area contributed by atoms with Gasteiger partial charge in [-0.05, 0) is 39.2 Å². The second-order valence-corrected chi connectivity index (χ2v) is 6.23. The maximum absolute atomic E-state index is 11.7. The Hall–Kier alpha value is -1.50. The maximum Gasteiger partial charge on any atom is 0.409 e. The van der Waals surface area contributed by atoms with Crippen LogP contribution >= 0.6 is 0 Å². The van der Waals surface area contributed by atoms with Crippen LogP contribution in [0.15, 0.2) is 4.99 Å². The first kappa shape index (κ1) is 17.8. The van der Waals surface area contributed by atoms with Crippen molar-refractivity contribution in [1.29, 1.82) is 0 Å². The van der Waals surface area contributed by atoms with Crippen LogP contribution in [-0.2, 0) is 4.74 Å². The van der Waals surface area contributed by atoms with Crippen molar-refractivity contribution in [2.75, 3.05) is 39.3 Å². The molecule has 1 aliphatic carbocycles. The van der Waals surface area contributed by atoms with Crippen LogP contribution in [0.5, 0.6) is 0 Å². The van der Waals surface area contributed by atoms with Crippen LogP contribution in [0.25, 0.3) is 0 Å². The average molecular weight is 325 g/mol.